The molecule has 378 valence electrons. The van der Waals surface area contributed by atoms with Crippen LogP contribution in [0.4, 0.5) is 0 Å². The van der Waals surface area contributed by atoms with Gasteiger partial charge in [-0.15, -0.1) is 0 Å². The van der Waals surface area contributed by atoms with Crippen LogP contribution in [0.15, 0.2) is 92.4 Å². The van der Waals surface area contributed by atoms with Crippen molar-refractivity contribution in [2.24, 2.45) is 0 Å². The van der Waals surface area contributed by atoms with Crippen molar-refractivity contribution in [2.75, 3.05) is 43.7 Å². The third-order valence-electron chi connectivity index (χ3n) is 10.1. The first-order valence-electron chi connectivity index (χ1n) is 21.7. The number of ether oxygens (including phenoxy) is 4. The van der Waals surface area contributed by atoms with E-state index in [1.54, 1.807) is 0 Å². The molecule has 4 rings (SSSR count). The van der Waals surface area contributed by atoms with Crippen LogP contribution in [0, 0.1) is 0 Å². The van der Waals surface area contributed by atoms with E-state index in [1.807, 2.05) is 0 Å². The highest BCUT2D eigenvalue weighted by atomic mass is 35.5. The second-order valence-corrected chi connectivity index (χ2v) is 25.0. The minimum absolute atomic E-state index is 0.0104. The molecule has 0 aliphatic rings. The maximum atomic E-state index is 14.5. The molecule has 0 saturated heterocycles. The second-order valence-electron chi connectivity index (χ2n) is 15.7. The van der Waals surface area contributed by atoms with Crippen LogP contribution >= 0.6 is 23.2 Å². The van der Waals surface area contributed by atoms with Crippen LogP contribution in [0.5, 0.6) is 23.0 Å². The quantitative estimate of drug-likeness (QED) is 0.0313. The summed E-state index contributed by atoms with van der Waals surface area (Å²) in [4.78, 5) is -1.18. The molecule has 0 heterocycles. The predicted octanol–water partition coefficient (Wildman–Crippen LogP) is 9.21. The lowest BCUT2D eigenvalue weighted by molar-refractivity contribution is 0.296. The van der Waals surface area contributed by atoms with E-state index in [0.717, 1.165) is 32.1 Å². The second kappa shape index (κ2) is 25.9. The minimum Gasteiger partial charge on any atom is -0.492 e. The molecule has 0 aromatic heterocycles. The fourth-order valence-corrected chi connectivity index (χ4v) is 11.7. The van der Waals surface area contributed by atoms with Crippen LogP contribution in [0.25, 0.3) is 11.1 Å². The van der Waals surface area contributed by atoms with Gasteiger partial charge in [0.1, 0.15) is 42.6 Å². The van der Waals surface area contributed by atoms with Crippen molar-refractivity contribution in [1.82, 2.24) is 0 Å². The van der Waals surface area contributed by atoms with Gasteiger partial charge in [-0.1, -0.05) is 74.4 Å². The summed E-state index contributed by atoms with van der Waals surface area (Å²) >= 11 is 12.5. The molecular weight excluding hydrogens is 1030 g/mol. The van der Waals surface area contributed by atoms with E-state index in [4.69, 9.17) is 46.7 Å². The third-order valence-corrected chi connectivity index (χ3v) is 16.7. The summed E-state index contributed by atoms with van der Waals surface area (Å²) in [5, 5.41) is 0.362. The Hall–Kier alpha value is -3.71. The minimum atomic E-state index is -4.53. The summed E-state index contributed by atoms with van der Waals surface area (Å²) in [6.07, 6.45) is 6.10. The fraction of sp³-hybridized carbons (Fsp3) is 0.455. The van der Waals surface area contributed by atoms with Crippen LogP contribution in [0.2, 0.25) is 10.0 Å². The first-order valence-corrected chi connectivity index (χ1v) is 30.2. The highest BCUT2D eigenvalue weighted by Gasteiger charge is 2.30. The molecule has 0 saturated carbocycles. The van der Waals surface area contributed by atoms with Gasteiger partial charge >= 0.3 is 0 Å². The molecule has 0 bridgehead atoms. The molecule has 0 amide bonds. The highest BCUT2D eigenvalue weighted by Crippen LogP contribution is 2.41. The normalized spacial score (nSPS) is 12.5. The Kier molecular flexibility index (Phi) is 21.7. The van der Waals surface area contributed by atoms with E-state index in [0.29, 0.717) is 17.5 Å². The maximum absolute atomic E-state index is 14.5. The lowest BCUT2D eigenvalue weighted by Gasteiger charge is -2.18. The Labute approximate surface area is 409 Å². The van der Waals surface area contributed by atoms with Crippen molar-refractivity contribution in [3.8, 4) is 34.1 Å². The van der Waals surface area contributed by atoms with Gasteiger partial charge in [0.2, 0.25) is 19.7 Å². The molecule has 0 atom stereocenters. The van der Waals surface area contributed by atoms with Gasteiger partial charge in [-0.25, -0.2) is 16.8 Å². The first-order chi connectivity index (χ1) is 31.9. The number of benzene rings is 4. The molecular formula is C44H56Cl2O17S5. The van der Waals surface area contributed by atoms with Crippen molar-refractivity contribution < 1.29 is 74.7 Å². The molecule has 24 heteroatoms. The summed E-state index contributed by atoms with van der Waals surface area (Å²) in [5.74, 6) is -2.17. The molecule has 0 aliphatic heterocycles. The monoisotopic (exact) mass is 1090 g/mol. The van der Waals surface area contributed by atoms with Gasteiger partial charge in [0.05, 0.1) is 43.7 Å². The largest absolute Gasteiger partial charge is 0.492 e. The van der Waals surface area contributed by atoms with E-state index in [1.165, 1.54) is 72.8 Å². The lowest BCUT2D eigenvalue weighted by atomic mass is 10.1. The smallest absolute Gasteiger partial charge is 0.264 e. The Balaban J connectivity index is 1.77. The maximum Gasteiger partial charge on any atom is 0.264 e. The topological polar surface area (TPSA) is 268 Å². The molecule has 0 aliphatic carbocycles. The number of sulfone groups is 2. The highest BCUT2D eigenvalue weighted by molar-refractivity contribution is 7.92. The zero-order valence-corrected chi connectivity index (χ0v) is 42.8. The van der Waals surface area contributed by atoms with E-state index >= 15 is 0 Å². The third kappa shape index (κ3) is 18.6. The van der Waals surface area contributed by atoms with Crippen LogP contribution < -0.4 is 18.9 Å². The van der Waals surface area contributed by atoms with E-state index in [2.05, 4.69) is 6.92 Å². The van der Waals surface area contributed by atoms with Crippen molar-refractivity contribution in [3.05, 3.63) is 82.8 Å². The molecule has 4 aromatic carbocycles. The standard InChI is InChI=1S/C44H56Cl2O17S5/c1-2-3-4-5-6-7-22-62-39-31-35(45)16-20-43(39)67(56,57)41-18-14-33(29-37(41)60-23-8-11-26-64(47,48)49)34-15-19-42(38(30-34)61-24-9-12-27-65(50,51)52)68(58,59)44-21-17-36(46)32-40(44)63-25-10-13-28-66(53,54)55/h14-21,29-32H,2-13,22-28H2,1H3,(H,47,48,49)(H,50,51,52)(H,53,54,55). The van der Waals surface area contributed by atoms with Gasteiger partial charge in [-0.2, -0.15) is 25.3 Å². The van der Waals surface area contributed by atoms with E-state index < -0.39 is 67.3 Å². The molecule has 3 N–H and O–H groups in total. The Bertz CT molecular complexity index is 2890. The van der Waals surface area contributed by atoms with E-state index in [9.17, 15) is 51.2 Å². The van der Waals surface area contributed by atoms with Crippen LogP contribution in [0.1, 0.15) is 84.0 Å². The molecule has 0 spiro atoms. The summed E-state index contributed by atoms with van der Waals surface area (Å²) in [7, 11) is -21.8. The van der Waals surface area contributed by atoms with Crippen molar-refractivity contribution >= 4 is 73.2 Å². The molecule has 68 heavy (non-hydrogen) atoms. The average molecular weight is 1090 g/mol. The van der Waals surface area contributed by atoms with Crippen LogP contribution in [0.3, 0.4) is 0 Å². The van der Waals surface area contributed by atoms with Gasteiger partial charge in [0.15, 0.2) is 0 Å². The summed E-state index contributed by atoms with van der Waals surface area (Å²) in [6.45, 7) is 1.82. The van der Waals surface area contributed by atoms with Gasteiger partial charge in [-0.3, -0.25) is 13.7 Å². The summed E-state index contributed by atoms with van der Waals surface area (Å²) in [5.41, 5.74) is 0.617. The number of hydrogen-bond donors (Lipinski definition) is 3. The Morgan fingerprint density at radius 3 is 0.985 bits per heavy atom. The van der Waals surface area contributed by atoms with Gasteiger partial charge in [0.25, 0.3) is 30.4 Å². The first kappa shape index (κ1) is 56.9. The van der Waals surface area contributed by atoms with Gasteiger partial charge in [-0.05, 0) is 105 Å². The molecule has 0 unspecified atom stereocenters. The Morgan fingerprint density at radius 1 is 0.382 bits per heavy atom. The number of unbranched alkanes of at least 4 members (excludes halogenated alkanes) is 8. The zero-order valence-electron chi connectivity index (χ0n) is 37.2. The van der Waals surface area contributed by atoms with Gasteiger partial charge < -0.3 is 18.9 Å². The molecule has 0 radical (unpaired) electrons. The van der Waals surface area contributed by atoms with Crippen molar-refractivity contribution in [2.45, 2.75) is 104 Å². The van der Waals surface area contributed by atoms with Crippen molar-refractivity contribution in [1.29, 1.82) is 0 Å². The Morgan fingerprint density at radius 2 is 0.662 bits per heavy atom. The number of rotatable bonds is 31. The SMILES string of the molecule is CCCCCCCCOc1cc(Cl)ccc1S(=O)(=O)c1ccc(-c2ccc(S(=O)(=O)c3ccc(Cl)cc3OCCCCS(=O)(=O)O)c(OCCCCS(=O)(=O)O)c2)cc1OCCCCS(=O)(=O)O. The van der Waals surface area contributed by atoms with Gasteiger partial charge in [0, 0.05) is 22.2 Å². The summed E-state index contributed by atoms with van der Waals surface area (Å²) < 4.78 is 177. The van der Waals surface area contributed by atoms with Crippen LogP contribution in [-0.4, -0.2) is 99.4 Å². The zero-order chi connectivity index (χ0) is 50.2. The predicted molar refractivity (Wildman–Crippen MR) is 258 cm³/mol. The summed E-state index contributed by atoms with van der Waals surface area (Å²) in [6, 6.07) is 16.1. The van der Waals surface area contributed by atoms with Crippen molar-refractivity contribution in [3.63, 3.8) is 0 Å². The van der Waals surface area contributed by atoms with Crippen LogP contribution in [-0.2, 0) is 50.0 Å². The molecule has 0 fully saturated rings. The number of halogens is 2. The van der Waals surface area contributed by atoms with E-state index in [-0.39, 0.29) is 118 Å². The lowest BCUT2D eigenvalue weighted by Crippen LogP contribution is -2.11. The molecule has 17 nitrogen and oxygen atoms in total. The molecule has 4 aromatic rings. The number of hydrogen-bond acceptors (Lipinski definition) is 14. The fourth-order valence-electron chi connectivity index (χ4n) is 6.69. The average Bonchev–Trinajstić information content (AvgIpc) is 3.24.